The summed E-state index contributed by atoms with van der Waals surface area (Å²) in [4.78, 5) is 7.78. The van der Waals surface area contributed by atoms with Gasteiger partial charge < -0.3 is 24.8 Å². The van der Waals surface area contributed by atoms with Crippen LogP contribution < -0.4 is 41.2 Å². The number of anilines is 2. The third-order valence-corrected chi connectivity index (χ3v) is 16.6. The van der Waals surface area contributed by atoms with Gasteiger partial charge in [0.15, 0.2) is 0 Å². The van der Waals surface area contributed by atoms with Crippen molar-refractivity contribution < 1.29 is 48.0 Å². The monoisotopic (exact) mass is 782 g/mol. The number of hydrogen-bond donors (Lipinski definition) is 0. The molecule has 4 heterocycles. The van der Waals surface area contributed by atoms with Gasteiger partial charge in [-0.05, 0) is 0 Å². The molecule has 2 unspecified atom stereocenters. The fraction of sp³-hybridized carbons (Fsp3) is 0.125. The summed E-state index contributed by atoms with van der Waals surface area (Å²) in [6, 6.07) is 23.3. The minimum Gasteiger partial charge on any atom is -1.00 e. The molecule has 0 spiro atoms. The van der Waals surface area contributed by atoms with Gasteiger partial charge in [-0.25, -0.2) is 0 Å². The number of halogens is 4. The average Bonchev–Trinajstić information content (AvgIpc) is 3.62. The molecule has 196 valence electrons. The SMILES string of the molecule is CN1c2c3cc(Br)[c](c2C2=Cc4ccccc4C21)[Zr+2][c]1c(Br)cc(c2c1C1=Cc4ccccc4C1N2C)S3.[Cl-].[Cl-]. The fourth-order valence-corrected chi connectivity index (χ4v) is 14.3. The zero-order valence-electron chi connectivity index (χ0n) is 21.4. The van der Waals surface area contributed by atoms with Crippen molar-refractivity contribution in [2.45, 2.75) is 21.9 Å². The quantitative estimate of drug-likeness (QED) is 0.237. The van der Waals surface area contributed by atoms with Crippen LogP contribution in [0.3, 0.4) is 0 Å². The van der Waals surface area contributed by atoms with Gasteiger partial charge in [-0.3, -0.25) is 0 Å². The second-order valence-electron chi connectivity index (χ2n) is 10.6. The molecule has 2 atom stereocenters. The van der Waals surface area contributed by atoms with Crippen molar-refractivity contribution in [1.29, 1.82) is 0 Å². The van der Waals surface area contributed by atoms with Crippen LogP contribution in [0, 0.1) is 0 Å². The van der Waals surface area contributed by atoms with Crippen molar-refractivity contribution in [3.63, 3.8) is 0 Å². The first-order valence-corrected chi connectivity index (χ1v) is 17.6. The smallest absolute Gasteiger partial charge is 1.00 e. The summed E-state index contributed by atoms with van der Waals surface area (Å²) in [6.45, 7) is 0. The largest absolute Gasteiger partial charge is 1.00 e. The Kier molecular flexibility index (Phi) is 6.63. The second kappa shape index (κ2) is 9.62. The van der Waals surface area contributed by atoms with Crippen LogP contribution in [0.4, 0.5) is 11.4 Å². The van der Waals surface area contributed by atoms with Crippen molar-refractivity contribution in [3.8, 4) is 0 Å². The first kappa shape index (κ1) is 27.6. The summed E-state index contributed by atoms with van der Waals surface area (Å²) in [7, 11) is 4.59. The molecule has 0 aromatic heterocycles. The van der Waals surface area contributed by atoms with Crippen molar-refractivity contribution >= 4 is 84.8 Å². The maximum atomic E-state index is 4.09. The summed E-state index contributed by atoms with van der Waals surface area (Å²) in [6.07, 6.45) is 4.91. The van der Waals surface area contributed by atoms with Crippen LogP contribution in [0.2, 0.25) is 0 Å². The number of hydrogen-bond acceptors (Lipinski definition) is 3. The van der Waals surface area contributed by atoms with Crippen LogP contribution in [-0.4, -0.2) is 14.1 Å². The van der Waals surface area contributed by atoms with E-state index in [1.54, 1.807) is 6.54 Å². The third kappa shape index (κ3) is 3.44. The van der Waals surface area contributed by atoms with Gasteiger partial charge in [-0.2, -0.15) is 0 Å². The van der Waals surface area contributed by atoms with E-state index in [0.717, 1.165) is 0 Å². The molecule has 0 saturated heterocycles. The fourth-order valence-electron chi connectivity index (χ4n) is 7.26. The van der Waals surface area contributed by atoms with E-state index in [0.29, 0.717) is 12.1 Å². The second-order valence-corrected chi connectivity index (χ2v) is 16.5. The molecule has 4 aromatic carbocycles. The van der Waals surface area contributed by atoms with Gasteiger partial charge in [-0.1, -0.05) is 0 Å². The molecule has 0 saturated carbocycles. The van der Waals surface area contributed by atoms with Crippen LogP contribution in [-0.2, 0) is 23.2 Å². The first-order chi connectivity index (χ1) is 18.5. The molecule has 2 aliphatic carbocycles. The Hall–Kier alpha value is -1.27. The van der Waals surface area contributed by atoms with E-state index in [9.17, 15) is 0 Å². The zero-order valence-corrected chi connectivity index (χ0v) is 29.4. The molecule has 0 N–H and O–H groups in total. The zero-order chi connectivity index (χ0) is 25.4. The molecular weight excluding hydrogens is 766 g/mol. The van der Waals surface area contributed by atoms with Gasteiger partial charge >= 0.3 is 257 Å². The molecule has 0 radical (unpaired) electrons. The third-order valence-electron chi connectivity index (χ3n) is 8.75. The van der Waals surface area contributed by atoms with Crippen LogP contribution in [0.25, 0.3) is 23.3 Å². The van der Waals surface area contributed by atoms with E-state index in [1.807, 2.05) is 11.8 Å². The van der Waals surface area contributed by atoms with Gasteiger partial charge in [0.2, 0.25) is 0 Å². The maximum Gasteiger partial charge on any atom is -1.00 e. The van der Waals surface area contributed by atoms with E-state index >= 15 is 0 Å². The van der Waals surface area contributed by atoms with Gasteiger partial charge in [-0.15, -0.1) is 0 Å². The number of fused-ring (bicyclic) bond motifs is 9. The Labute approximate surface area is 278 Å². The van der Waals surface area contributed by atoms with Crippen molar-refractivity contribution in [2.75, 3.05) is 23.9 Å². The normalized spacial score (nSPS) is 19.2. The van der Waals surface area contributed by atoms with Crippen molar-refractivity contribution in [1.82, 2.24) is 0 Å². The Bertz CT molecular complexity index is 1740. The molecule has 4 aromatic rings. The Balaban J connectivity index is 0.00000132. The van der Waals surface area contributed by atoms with E-state index in [4.69, 9.17) is 0 Å². The van der Waals surface area contributed by atoms with Gasteiger partial charge in [0.1, 0.15) is 0 Å². The number of rotatable bonds is 0. The average molecular weight is 787 g/mol. The molecule has 2 nitrogen and oxygen atoms in total. The van der Waals surface area contributed by atoms with Crippen molar-refractivity contribution in [3.05, 3.63) is 103 Å². The molecule has 4 aliphatic heterocycles. The van der Waals surface area contributed by atoms with Crippen LogP contribution in [0.5, 0.6) is 0 Å². The number of benzene rings is 4. The molecule has 6 aliphatic rings. The van der Waals surface area contributed by atoms with Gasteiger partial charge in [0.05, 0.1) is 0 Å². The summed E-state index contributed by atoms with van der Waals surface area (Å²) >= 11 is 8.87. The number of nitrogens with zero attached hydrogens (tertiary/aromatic N) is 2. The summed E-state index contributed by atoms with van der Waals surface area (Å²) < 4.78 is 5.68. The van der Waals surface area contributed by atoms with Crippen molar-refractivity contribution in [2.24, 2.45) is 0 Å². The minimum absolute atomic E-state index is 0. The summed E-state index contributed by atoms with van der Waals surface area (Å²) in [5.41, 5.74) is 14.4. The molecular formula is C32H20Br2Cl2N2SZr. The Morgan fingerprint density at radius 2 is 1.10 bits per heavy atom. The summed E-state index contributed by atoms with van der Waals surface area (Å²) in [5.74, 6) is 0. The predicted octanol–water partition coefficient (Wildman–Crippen LogP) is 1.81. The standard InChI is InChI=1S/C32H20Br2N2S.2ClH.Zr/c1-35-29-21-9-5-3-7-17(21)11-23(29)25-13-19(33)15-27(31(25)35)37-28-16-20(34)14-26-24-12-18-8-4-6-10-22(18)30(24)36(2)32(26)28;;;/h3-12,15-16,29-30H,1-2H3;2*1H;/q;;;+2/p-2. The Morgan fingerprint density at radius 3 is 1.55 bits per heavy atom. The van der Waals surface area contributed by atoms with Gasteiger partial charge in [0.25, 0.3) is 0 Å². The van der Waals surface area contributed by atoms with Crippen LogP contribution >= 0.6 is 43.6 Å². The number of likely N-dealkylation sites (N-methyl/N-ethyl adjacent to an activating group) is 2. The predicted molar refractivity (Wildman–Crippen MR) is 163 cm³/mol. The molecule has 0 fully saturated rings. The molecule has 40 heavy (non-hydrogen) atoms. The van der Waals surface area contributed by atoms with Crippen LogP contribution in [0.15, 0.2) is 79.4 Å². The van der Waals surface area contributed by atoms with Crippen LogP contribution in [0.1, 0.15) is 45.5 Å². The van der Waals surface area contributed by atoms with E-state index < -0.39 is 23.2 Å². The van der Waals surface area contributed by atoms with E-state index in [1.165, 1.54) is 74.6 Å². The maximum absolute atomic E-state index is 4.09. The van der Waals surface area contributed by atoms with E-state index in [2.05, 4.69) is 129 Å². The molecule has 8 heteroatoms. The molecule has 10 rings (SSSR count). The topological polar surface area (TPSA) is 6.48 Å². The summed E-state index contributed by atoms with van der Waals surface area (Å²) in [5, 5.41) is 0. The Morgan fingerprint density at radius 1 is 0.675 bits per heavy atom. The van der Waals surface area contributed by atoms with Gasteiger partial charge in [0, 0.05) is 0 Å². The first-order valence-electron chi connectivity index (χ1n) is 12.8. The van der Waals surface area contributed by atoms with E-state index in [-0.39, 0.29) is 24.8 Å². The molecule has 4 bridgehead atoms. The minimum atomic E-state index is -1.24. The molecule has 0 amide bonds.